The molecule has 3 aromatic rings. The number of piperidine rings is 1. The summed E-state index contributed by atoms with van der Waals surface area (Å²) in [5.74, 6) is -0.0681. The average Bonchev–Trinajstić information content (AvgIpc) is 2.79. The number of amides is 1. The first-order valence-electron chi connectivity index (χ1n) is 10.7. The Kier molecular flexibility index (Phi) is 6.12. The summed E-state index contributed by atoms with van der Waals surface area (Å²) in [5, 5.41) is 4.84. The van der Waals surface area contributed by atoms with Crippen LogP contribution >= 0.6 is 0 Å². The van der Waals surface area contributed by atoms with Gasteiger partial charge in [-0.25, -0.2) is 8.42 Å². The standard InChI is InChI=1S/C25H28N2O3S/c1-18(2)19-9-12-23(13-10-19)26-25(28)22-8-5-15-27(17-22)31(29,30)24-14-11-20-6-3-4-7-21(20)16-24/h3-4,6-7,9-14,16,18,22H,5,8,15,17H2,1-2H3,(H,26,28)/t22-/m0/s1. The Morgan fingerprint density at radius 2 is 1.71 bits per heavy atom. The zero-order chi connectivity index (χ0) is 22.0. The molecule has 1 saturated heterocycles. The number of nitrogens with zero attached hydrogens (tertiary/aromatic N) is 1. The quantitative estimate of drug-likeness (QED) is 0.612. The van der Waals surface area contributed by atoms with Crippen molar-refractivity contribution >= 4 is 32.4 Å². The second kappa shape index (κ2) is 8.81. The molecule has 1 heterocycles. The van der Waals surface area contributed by atoms with E-state index in [1.807, 2.05) is 54.6 Å². The van der Waals surface area contributed by atoms with Gasteiger partial charge < -0.3 is 5.32 Å². The molecule has 0 aliphatic carbocycles. The van der Waals surface area contributed by atoms with Crippen molar-refractivity contribution in [1.82, 2.24) is 4.31 Å². The van der Waals surface area contributed by atoms with Crippen molar-refractivity contribution < 1.29 is 13.2 Å². The number of nitrogens with one attached hydrogen (secondary N) is 1. The van der Waals surface area contributed by atoms with Gasteiger partial charge in [-0.15, -0.1) is 0 Å². The van der Waals surface area contributed by atoms with Gasteiger partial charge in [0.05, 0.1) is 10.8 Å². The number of hydrogen-bond donors (Lipinski definition) is 1. The van der Waals surface area contributed by atoms with Crippen LogP contribution in [0.3, 0.4) is 0 Å². The highest BCUT2D eigenvalue weighted by Gasteiger charge is 2.33. The molecule has 0 aromatic heterocycles. The molecule has 0 radical (unpaired) electrons. The Bertz CT molecular complexity index is 1190. The minimum absolute atomic E-state index is 0.129. The Labute approximate surface area is 184 Å². The van der Waals surface area contributed by atoms with Crippen molar-refractivity contribution in [2.24, 2.45) is 5.92 Å². The van der Waals surface area contributed by atoms with Gasteiger partial charge in [0.1, 0.15) is 0 Å². The lowest BCUT2D eigenvalue weighted by Gasteiger charge is -2.31. The van der Waals surface area contributed by atoms with E-state index in [2.05, 4.69) is 19.2 Å². The fourth-order valence-electron chi connectivity index (χ4n) is 4.05. The van der Waals surface area contributed by atoms with E-state index in [-0.39, 0.29) is 23.3 Å². The summed E-state index contributed by atoms with van der Waals surface area (Å²) in [6.45, 7) is 4.88. The van der Waals surface area contributed by atoms with Gasteiger partial charge in [-0.1, -0.05) is 56.3 Å². The summed E-state index contributed by atoms with van der Waals surface area (Å²) in [7, 11) is -3.65. The van der Waals surface area contributed by atoms with Crippen LogP contribution in [0.1, 0.15) is 38.2 Å². The van der Waals surface area contributed by atoms with Gasteiger partial charge in [-0.2, -0.15) is 4.31 Å². The highest BCUT2D eigenvalue weighted by atomic mass is 32.2. The van der Waals surface area contributed by atoms with Crippen LogP contribution in [0.2, 0.25) is 0 Å². The lowest BCUT2D eigenvalue weighted by Crippen LogP contribution is -2.43. The molecule has 1 atom stereocenters. The highest BCUT2D eigenvalue weighted by molar-refractivity contribution is 7.89. The maximum absolute atomic E-state index is 13.3. The zero-order valence-corrected chi connectivity index (χ0v) is 18.7. The predicted octanol–water partition coefficient (Wildman–Crippen LogP) is 5.00. The molecule has 3 aromatic carbocycles. The van der Waals surface area contributed by atoms with E-state index in [0.717, 1.165) is 16.5 Å². The van der Waals surface area contributed by atoms with Crippen molar-refractivity contribution in [2.45, 2.75) is 37.5 Å². The molecule has 162 valence electrons. The molecule has 1 aliphatic heterocycles. The van der Waals surface area contributed by atoms with E-state index in [9.17, 15) is 13.2 Å². The number of benzene rings is 3. The minimum Gasteiger partial charge on any atom is -0.326 e. The number of fused-ring (bicyclic) bond motifs is 1. The van der Waals surface area contributed by atoms with E-state index in [1.165, 1.54) is 9.87 Å². The third-order valence-corrected chi connectivity index (χ3v) is 7.82. The normalized spacial score (nSPS) is 17.7. The van der Waals surface area contributed by atoms with Gasteiger partial charge in [-0.05, 0) is 59.4 Å². The summed E-state index contributed by atoms with van der Waals surface area (Å²) in [6.07, 6.45) is 1.34. The molecular formula is C25H28N2O3S. The minimum atomic E-state index is -3.65. The Morgan fingerprint density at radius 3 is 2.42 bits per heavy atom. The monoisotopic (exact) mass is 436 g/mol. The number of carbonyl (C=O) groups excluding carboxylic acids is 1. The molecule has 4 rings (SSSR count). The molecule has 0 bridgehead atoms. The first-order valence-corrected chi connectivity index (χ1v) is 12.2. The number of anilines is 1. The molecule has 5 nitrogen and oxygen atoms in total. The van der Waals surface area contributed by atoms with Crippen LogP contribution in [0.5, 0.6) is 0 Å². The molecule has 0 saturated carbocycles. The Balaban J connectivity index is 1.48. The van der Waals surface area contributed by atoms with Crippen LogP contribution in [0.4, 0.5) is 5.69 Å². The molecule has 0 unspecified atom stereocenters. The second-order valence-corrected chi connectivity index (χ2v) is 10.4. The SMILES string of the molecule is CC(C)c1ccc(NC(=O)[C@H]2CCCN(S(=O)(=O)c3ccc4ccccc4c3)C2)cc1. The Hall–Kier alpha value is -2.70. The number of sulfonamides is 1. The van der Waals surface area contributed by atoms with Gasteiger partial charge in [0.15, 0.2) is 0 Å². The van der Waals surface area contributed by atoms with Crippen molar-refractivity contribution in [3.8, 4) is 0 Å². The van der Waals surface area contributed by atoms with Gasteiger partial charge in [0.2, 0.25) is 15.9 Å². The zero-order valence-electron chi connectivity index (χ0n) is 17.9. The molecule has 6 heteroatoms. The maximum atomic E-state index is 13.3. The second-order valence-electron chi connectivity index (χ2n) is 8.48. The third kappa shape index (κ3) is 4.65. The van der Waals surface area contributed by atoms with Crippen molar-refractivity contribution in [2.75, 3.05) is 18.4 Å². The third-order valence-electron chi connectivity index (χ3n) is 5.96. The highest BCUT2D eigenvalue weighted by Crippen LogP contribution is 2.27. The van der Waals surface area contributed by atoms with E-state index in [0.29, 0.717) is 25.3 Å². The lowest BCUT2D eigenvalue weighted by atomic mass is 9.98. The number of rotatable bonds is 5. The summed E-state index contributed by atoms with van der Waals surface area (Å²) in [4.78, 5) is 13.1. The van der Waals surface area contributed by atoms with Crippen molar-refractivity contribution in [1.29, 1.82) is 0 Å². The van der Waals surface area contributed by atoms with E-state index in [4.69, 9.17) is 0 Å². The van der Waals surface area contributed by atoms with E-state index in [1.54, 1.807) is 12.1 Å². The fourth-order valence-corrected chi connectivity index (χ4v) is 5.61. The van der Waals surface area contributed by atoms with Crippen LogP contribution in [-0.4, -0.2) is 31.7 Å². The maximum Gasteiger partial charge on any atom is 0.243 e. The van der Waals surface area contributed by atoms with Crippen molar-refractivity contribution in [3.05, 3.63) is 72.3 Å². The molecule has 1 amide bonds. The molecule has 1 aliphatic rings. The fraction of sp³-hybridized carbons (Fsp3) is 0.320. The van der Waals surface area contributed by atoms with Gasteiger partial charge in [0, 0.05) is 18.8 Å². The first kappa shape index (κ1) is 21.5. The van der Waals surface area contributed by atoms with Gasteiger partial charge in [0.25, 0.3) is 0 Å². The van der Waals surface area contributed by atoms with Gasteiger partial charge >= 0.3 is 0 Å². The summed E-state index contributed by atoms with van der Waals surface area (Å²) in [6, 6.07) is 20.7. The number of carbonyl (C=O) groups is 1. The summed E-state index contributed by atoms with van der Waals surface area (Å²) in [5.41, 5.74) is 1.95. The van der Waals surface area contributed by atoms with Crippen LogP contribution in [0.15, 0.2) is 71.6 Å². The molecule has 1 N–H and O–H groups in total. The average molecular weight is 437 g/mol. The molecule has 0 spiro atoms. The largest absolute Gasteiger partial charge is 0.326 e. The topological polar surface area (TPSA) is 66.5 Å². The van der Waals surface area contributed by atoms with Crippen LogP contribution in [-0.2, 0) is 14.8 Å². The predicted molar refractivity (Wildman–Crippen MR) is 125 cm³/mol. The lowest BCUT2D eigenvalue weighted by molar-refractivity contribution is -0.120. The first-order chi connectivity index (χ1) is 14.8. The van der Waals surface area contributed by atoms with E-state index < -0.39 is 10.0 Å². The molecular weight excluding hydrogens is 408 g/mol. The van der Waals surface area contributed by atoms with Crippen molar-refractivity contribution in [3.63, 3.8) is 0 Å². The van der Waals surface area contributed by atoms with Crippen LogP contribution in [0.25, 0.3) is 10.8 Å². The van der Waals surface area contributed by atoms with E-state index >= 15 is 0 Å². The number of hydrogen-bond acceptors (Lipinski definition) is 3. The van der Waals surface area contributed by atoms with Crippen LogP contribution in [0, 0.1) is 5.92 Å². The smallest absolute Gasteiger partial charge is 0.243 e. The van der Waals surface area contributed by atoms with Crippen LogP contribution < -0.4 is 5.32 Å². The Morgan fingerprint density at radius 1 is 1.00 bits per heavy atom. The molecule has 1 fully saturated rings. The summed E-state index contributed by atoms with van der Waals surface area (Å²) >= 11 is 0. The van der Waals surface area contributed by atoms with Gasteiger partial charge in [-0.3, -0.25) is 4.79 Å². The molecule has 31 heavy (non-hydrogen) atoms. The summed E-state index contributed by atoms with van der Waals surface area (Å²) < 4.78 is 28.0.